The Bertz CT molecular complexity index is 149. The normalized spacial score (nSPS) is 15.6. The summed E-state index contributed by atoms with van der Waals surface area (Å²) < 4.78 is 10.6. The van der Waals surface area contributed by atoms with Gasteiger partial charge in [0.15, 0.2) is 0 Å². The van der Waals surface area contributed by atoms with E-state index in [0.29, 0.717) is 26.4 Å². The van der Waals surface area contributed by atoms with Crippen LogP contribution < -0.4 is 5.32 Å². The van der Waals surface area contributed by atoms with Crippen LogP contribution >= 0.6 is 0 Å². The first kappa shape index (κ1) is 14.8. The van der Waals surface area contributed by atoms with Crippen molar-refractivity contribution in [2.75, 3.05) is 32.9 Å². The number of hydrogen-bond donors (Lipinski definition) is 2. The molecule has 0 saturated heterocycles. The first-order chi connectivity index (χ1) is 6.98. The van der Waals surface area contributed by atoms with Crippen molar-refractivity contribution in [1.82, 2.24) is 5.32 Å². The Morgan fingerprint density at radius 2 is 2.00 bits per heavy atom. The highest BCUT2D eigenvalue weighted by atomic mass is 16.5. The average Bonchev–Trinajstić information content (AvgIpc) is 2.14. The van der Waals surface area contributed by atoms with Crippen LogP contribution in [0.4, 0.5) is 0 Å². The van der Waals surface area contributed by atoms with Gasteiger partial charge in [0.05, 0.1) is 31.5 Å². The minimum atomic E-state index is -0.798. The third-order valence-corrected chi connectivity index (χ3v) is 1.85. The minimum Gasteiger partial charge on any atom is -0.386 e. The topological polar surface area (TPSA) is 50.7 Å². The molecule has 92 valence electrons. The Morgan fingerprint density at radius 3 is 2.53 bits per heavy atom. The maximum atomic E-state index is 9.83. The number of hydrogen-bond acceptors (Lipinski definition) is 4. The SMILES string of the molecule is CCNCC(C)(O)COCCOC(C)C. The highest BCUT2D eigenvalue weighted by Crippen LogP contribution is 2.02. The molecular weight excluding hydrogens is 194 g/mol. The van der Waals surface area contributed by atoms with Crippen molar-refractivity contribution in [3.63, 3.8) is 0 Å². The summed E-state index contributed by atoms with van der Waals surface area (Å²) in [6.07, 6.45) is 0.232. The lowest BCUT2D eigenvalue weighted by molar-refractivity contribution is -0.0518. The van der Waals surface area contributed by atoms with E-state index in [-0.39, 0.29) is 6.10 Å². The molecule has 0 aliphatic carbocycles. The summed E-state index contributed by atoms with van der Waals surface area (Å²) in [5.41, 5.74) is -0.798. The fourth-order valence-corrected chi connectivity index (χ4v) is 1.08. The summed E-state index contributed by atoms with van der Waals surface area (Å²) in [6, 6.07) is 0. The molecule has 0 aromatic rings. The standard InChI is InChI=1S/C11H25NO3/c1-5-12-8-11(4,13)9-14-6-7-15-10(2)3/h10,12-13H,5-9H2,1-4H3. The van der Waals surface area contributed by atoms with Crippen LogP contribution in [0.15, 0.2) is 0 Å². The molecule has 0 aromatic heterocycles. The zero-order valence-electron chi connectivity index (χ0n) is 10.4. The van der Waals surface area contributed by atoms with Gasteiger partial charge in [-0.3, -0.25) is 0 Å². The molecule has 4 nitrogen and oxygen atoms in total. The molecule has 1 unspecified atom stereocenters. The molecule has 0 radical (unpaired) electrons. The first-order valence-corrected chi connectivity index (χ1v) is 5.60. The van der Waals surface area contributed by atoms with Crippen LogP contribution in [0.3, 0.4) is 0 Å². The lowest BCUT2D eigenvalue weighted by Crippen LogP contribution is -2.42. The highest BCUT2D eigenvalue weighted by molar-refractivity contribution is 4.74. The Kier molecular flexibility index (Phi) is 7.96. The van der Waals surface area contributed by atoms with Gasteiger partial charge in [0.25, 0.3) is 0 Å². The van der Waals surface area contributed by atoms with E-state index in [1.165, 1.54) is 0 Å². The molecule has 0 saturated carbocycles. The van der Waals surface area contributed by atoms with Crippen molar-refractivity contribution in [3.8, 4) is 0 Å². The summed E-state index contributed by atoms with van der Waals surface area (Å²) in [5, 5.41) is 12.9. The third-order valence-electron chi connectivity index (χ3n) is 1.85. The lowest BCUT2D eigenvalue weighted by atomic mass is 10.1. The molecule has 0 aromatic carbocycles. The summed E-state index contributed by atoms with van der Waals surface area (Å²) in [6.45, 7) is 10.6. The van der Waals surface area contributed by atoms with Gasteiger partial charge in [0.2, 0.25) is 0 Å². The lowest BCUT2D eigenvalue weighted by Gasteiger charge is -2.23. The molecule has 0 rings (SSSR count). The number of ether oxygens (including phenoxy) is 2. The van der Waals surface area contributed by atoms with E-state index in [9.17, 15) is 5.11 Å². The molecule has 15 heavy (non-hydrogen) atoms. The quantitative estimate of drug-likeness (QED) is 0.563. The molecule has 0 aliphatic heterocycles. The van der Waals surface area contributed by atoms with E-state index >= 15 is 0 Å². The van der Waals surface area contributed by atoms with E-state index in [1.54, 1.807) is 6.92 Å². The smallest absolute Gasteiger partial charge is 0.0975 e. The van der Waals surface area contributed by atoms with Crippen LogP contribution in [0.25, 0.3) is 0 Å². The fraction of sp³-hybridized carbons (Fsp3) is 1.00. The Labute approximate surface area is 93.0 Å². The Hall–Kier alpha value is -0.160. The maximum absolute atomic E-state index is 9.83. The summed E-state index contributed by atoms with van der Waals surface area (Å²) in [5.74, 6) is 0. The number of likely N-dealkylation sites (N-methyl/N-ethyl adjacent to an activating group) is 1. The summed E-state index contributed by atoms with van der Waals surface area (Å²) in [7, 11) is 0. The molecule has 0 spiro atoms. The second kappa shape index (κ2) is 8.05. The Morgan fingerprint density at radius 1 is 1.33 bits per heavy atom. The zero-order chi connectivity index (χ0) is 11.7. The van der Waals surface area contributed by atoms with Crippen molar-refractivity contribution in [3.05, 3.63) is 0 Å². The van der Waals surface area contributed by atoms with Gasteiger partial charge in [-0.15, -0.1) is 0 Å². The van der Waals surface area contributed by atoms with Crippen molar-refractivity contribution in [1.29, 1.82) is 0 Å². The second-order valence-electron chi connectivity index (χ2n) is 4.25. The predicted octanol–water partition coefficient (Wildman–Crippen LogP) is 0.788. The molecule has 0 bridgehead atoms. The van der Waals surface area contributed by atoms with E-state index in [1.807, 2.05) is 20.8 Å². The average molecular weight is 219 g/mol. The maximum Gasteiger partial charge on any atom is 0.0975 e. The molecule has 0 heterocycles. The monoisotopic (exact) mass is 219 g/mol. The van der Waals surface area contributed by atoms with Gasteiger partial charge >= 0.3 is 0 Å². The van der Waals surface area contributed by atoms with Crippen LogP contribution in [-0.2, 0) is 9.47 Å². The summed E-state index contributed by atoms with van der Waals surface area (Å²) in [4.78, 5) is 0. The van der Waals surface area contributed by atoms with Gasteiger partial charge in [0, 0.05) is 6.54 Å². The van der Waals surface area contributed by atoms with Gasteiger partial charge in [-0.1, -0.05) is 6.92 Å². The number of rotatable bonds is 9. The van der Waals surface area contributed by atoms with E-state index < -0.39 is 5.60 Å². The van der Waals surface area contributed by atoms with Gasteiger partial charge in [0.1, 0.15) is 0 Å². The first-order valence-electron chi connectivity index (χ1n) is 5.60. The predicted molar refractivity (Wildman–Crippen MR) is 61.1 cm³/mol. The van der Waals surface area contributed by atoms with Crippen LogP contribution in [-0.4, -0.2) is 49.7 Å². The number of aliphatic hydroxyl groups is 1. The zero-order valence-corrected chi connectivity index (χ0v) is 10.4. The van der Waals surface area contributed by atoms with Crippen molar-refractivity contribution in [2.45, 2.75) is 39.4 Å². The summed E-state index contributed by atoms with van der Waals surface area (Å²) >= 11 is 0. The van der Waals surface area contributed by atoms with Crippen LogP contribution in [0.5, 0.6) is 0 Å². The van der Waals surface area contributed by atoms with Crippen molar-refractivity contribution < 1.29 is 14.6 Å². The van der Waals surface area contributed by atoms with Crippen LogP contribution in [0.1, 0.15) is 27.7 Å². The van der Waals surface area contributed by atoms with Crippen molar-refractivity contribution >= 4 is 0 Å². The molecular formula is C11H25NO3. The van der Waals surface area contributed by atoms with E-state index in [0.717, 1.165) is 6.54 Å². The van der Waals surface area contributed by atoms with Crippen LogP contribution in [0.2, 0.25) is 0 Å². The van der Waals surface area contributed by atoms with Gasteiger partial charge < -0.3 is 19.9 Å². The van der Waals surface area contributed by atoms with Gasteiger partial charge in [-0.2, -0.15) is 0 Å². The van der Waals surface area contributed by atoms with Gasteiger partial charge in [-0.05, 0) is 27.3 Å². The minimum absolute atomic E-state index is 0.232. The highest BCUT2D eigenvalue weighted by Gasteiger charge is 2.19. The van der Waals surface area contributed by atoms with E-state index in [4.69, 9.17) is 9.47 Å². The number of nitrogens with one attached hydrogen (secondary N) is 1. The van der Waals surface area contributed by atoms with Crippen molar-refractivity contribution in [2.24, 2.45) is 0 Å². The van der Waals surface area contributed by atoms with Crippen LogP contribution in [0, 0.1) is 0 Å². The Balaban J connectivity index is 3.40. The molecule has 4 heteroatoms. The largest absolute Gasteiger partial charge is 0.386 e. The molecule has 2 N–H and O–H groups in total. The second-order valence-corrected chi connectivity index (χ2v) is 4.25. The van der Waals surface area contributed by atoms with E-state index in [2.05, 4.69) is 5.32 Å². The molecule has 1 atom stereocenters. The van der Waals surface area contributed by atoms with Gasteiger partial charge in [-0.25, -0.2) is 0 Å². The molecule has 0 fully saturated rings. The fourth-order valence-electron chi connectivity index (χ4n) is 1.08. The molecule has 0 amide bonds. The third kappa shape index (κ3) is 10.1. The molecule has 0 aliphatic rings.